The summed E-state index contributed by atoms with van der Waals surface area (Å²) < 4.78 is 39.8. The highest BCUT2D eigenvalue weighted by molar-refractivity contribution is 5.24. The number of halogens is 3. The average Bonchev–Trinajstić information content (AvgIpc) is 2.35. The van der Waals surface area contributed by atoms with E-state index in [2.05, 4.69) is 19.2 Å². The molecule has 0 bridgehead atoms. The van der Waals surface area contributed by atoms with E-state index < -0.39 is 17.5 Å². The predicted molar refractivity (Wildman–Crippen MR) is 71.6 cm³/mol. The Labute approximate surface area is 113 Å². The van der Waals surface area contributed by atoms with E-state index in [9.17, 15) is 13.2 Å². The van der Waals surface area contributed by atoms with Crippen LogP contribution in [0.5, 0.6) is 0 Å². The van der Waals surface area contributed by atoms with Gasteiger partial charge in [-0.3, -0.25) is 0 Å². The highest BCUT2D eigenvalue weighted by atomic mass is 19.2. The molecule has 0 fully saturated rings. The third kappa shape index (κ3) is 4.23. The summed E-state index contributed by atoms with van der Waals surface area (Å²) in [5, 5.41) is 3.29. The zero-order chi connectivity index (χ0) is 14.6. The molecule has 4 heteroatoms. The number of nitrogens with one attached hydrogen (secondary N) is 1. The van der Waals surface area contributed by atoms with Crippen LogP contribution in [0, 0.1) is 29.3 Å². The van der Waals surface area contributed by atoms with Gasteiger partial charge < -0.3 is 5.32 Å². The van der Waals surface area contributed by atoms with Crippen LogP contribution < -0.4 is 5.32 Å². The summed E-state index contributed by atoms with van der Waals surface area (Å²) in [7, 11) is 0. The molecule has 1 nitrogen and oxygen atoms in total. The van der Waals surface area contributed by atoms with Crippen molar-refractivity contribution in [2.75, 3.05) is 13.1 Å². The lowest BCUT2D eigenvalue weighted by atomic mass is 9.88. The standard InChI is InChI=1S/C15H22F3N/c1-9(2)7-19-8-10(3)11(4)12-5-6-13(16)15(18)14(12)17/h5-6,9-11,19H,7-8H2,1-4H3. The van der Waals surface area contributed by atoms with Gasteiger partial charge in [-0.15, -0.1) is 0 Å². The topological polar surface area (TPSA) is 12.0 Å². The molecule has 0 aromatic heterocycles. The maximum Gasteiger partial charge on any atom is 0.194 e. The molecule has 0 aliphatic heterocycles. The Bertz CT molecular complexity index is 418. The monoisotopic (exact) mass is 273 g/mol. The highest BCUT2D eigenvalue weighted by Gasteiger charge is 2.21. The summed E-state index contributed by atoms with van der Waals surface area (Å²) in [5.41, 5.74) is 0.234. The molecular weight excluding hydrogens is 251 g/mol. The van der Waals surface area contributed by atoms with Gasteiger partial charge in [0.25, 0.3) is 0 Å². The third-order valence-electron chi connectivity index (χ3n) is 3.43. The van der Waals surface area contributed by atoms with E-state index in [1.54, 1.807) is 0 Å². The van der Waals surface area contributed by atoms with Crippen LogP contribution in [0.15, 0.2) is 12.1 Å². The van der Waals surface area contributed by atoms with Crippen LogP contribution >= 0.6 is 0 Å². The second-order valence-electron chi connectivity index (χ2n) is 5.58. The van der Waals surface area contributed by atoms with Crippen LogP contribution in [0.4, 0.5) is 13.2 Å². The Morgan fingerprint density at radius 1 is 0.947 bits per heavy atom. The minimum atomic E-state index is -1.38. The largest absolute Gasteiger partial charge is 0.316 e. The Balaban J connectivity index is 2.71. The van der Waals surface area contributed by atoms with E-state index in [0.717, 1.165) is 19.2 Å². The smallest absolute Gasteiger partial charge is 0.194 e. The summed E-state index contributed by atoms with van der Waals surface area (Å²) in [6.45, 7) is 9.62. The lowest BCUT2D eigenvalue weighted by molar-refractivity contribution is 0.398. The summed E-state index contributed by atoms with van der Waals surface area (Å²) in [4.78, 5) is 0. The van der Waals surface area contributed by atoms with Crippen molar-refractivity contribution in [2.45, 2.75) is 33.6 Å². The molecule has 0 aliphatic carbocycles. The van der Waals surface area contributed by atoms with Crippen LogP contribution in [-0.2, 0) is 0 Å². The molecule has 2 atom stereocenters. The number of rotatable bonds is 6. The molecule has 1 rings (SSSR count). The van der Waals surface area contributed by atoms with E-state index in [0.29, 0.717) is 5.92 Å². The van der Waals surface area contributed by atoms with Gasteiger partial charge in [-0.25, -0.2) is 13.2 Å². The van der Waals surface area contributed by atoms with Crippen LogP contribution in [0.1, 0.15) is 39.2 Å². The van der Waals surface area contributed by atoms with Gasteiger partial charge in [0.15, 0.2) is 17.5 Å². The SMILES string of the molecule is CC(C)CNCC(C)C(C)c1ccc(F)c(F)c1F. The fourth-order valence-electron chi connectivity index (χ4n) is 1.98. The summed E-state index contributed by atoms with van der Waals surface area (Å²) >= 11 is 0. The van der Waals surface area contributed by atoms with Gasteiger partial charge in [0.05, 0.1) is 0 Å². The van der Waals surface area contributed by atoms with Crippen molar-refractivity contribution in [3.63, 3.8) is 0 Å². The number of hydrogen-bond acceptors (Lipinski definition) is 1. The average molecular weight is 273 g/mol. The zero-order valence-electron chi connectivity index (χ0n) is 11.9. The number of hydrogen-bond donors (Lipinski definition) is 1. The molecule has 2 unspecified atom stereocenters. The minimum Gasteiger partial charge on any atom is -0.316 e. The lowest BCUT2D eigenvalue weighted by Crippen LogP contribution is -2.28. The molecule has 0 heterocycles. The fraction of sp³-hybridized carbons (Fsp3) is 0.600. The zero-order valence-corrected chi connectivity index (χ0v) is 11.9. The minimum absolute atomic E-state index is 0.137. The van der Waals surface area contributed by atoms with Gasteiger partial charge in [-0.1, -0.05) is 33.8 Å². The Kier molecular flexibility index (Phi) is 5.85. The van der Waals surface area contributed by atoms with Crippen LogP contribution in [0.2, 0.25) is 0 Å². The van der Waals surface area contributed by atoms with E-state index in [1.165, 1.54) is 6.07 Å². The van der Waals surface area contributed by atoms with Crippen LogP contribution in [0.3, 0.4) is 0 Å². The molecule has 1 N–H and O–H groups in total. The summed E-state index contributed by atoms with van der Waals surface area (Å²) in [6, 6.07) is 2.32. The van der Waals surface area contributed by atoms with Crippen molar-refractivity contribution in [2.24, 2.45) is 11.8 Å². The first-order chi connectivity index (χ1) is 8.84. The molecule has 1 aromatic rings. The highest BCUT2D eigenvalue weighted by Crippen LogP contribution is 2.28. The van der Waals surface area contributed by atoms with Crippen molar-refractivity contribution >= 4 is 0 Å². The molecule has 0 aliphatic rings. The van der Waals surface area contributed by atoms with E-state index >= 15 is 0 Å². The van der Waals surface area contributed by atoms with Crippen LogP contribution in [0.25, 0.3) is 0 Å². The molecule has 0 spiro atoms. The van der Waals surface area contributed by atoms with Crippen molar-refractivity contribution in [1.82, 2.24) is 5.32 Å². The van der Waals surface area contributed by atoms with Crippen LogP contribution in [-0.4, -0.2) is 13.1 Å². The van der Waals surface area contributed by atoms with E-state index in [-0.39, 0.29) is 17.4 Å². The molecule has 1 aromatic carbocycles. The molecule has 0 saturated heterocycles. The molecule has 108 valence electrons. The molecule has 0 amide bonds. The second kappa shape index (κ2) is 6.94. The van der Waals surface area contributed by atoms with Crippen molar-refractivity contribution in [1.29, 1.82) is 0 Å². The maximum atomic E-state index is 13.7. The van der Waals surface area contributed by atoms with Gasteiger partial charge in [-0.05, 0) is 42.5 Å². The summed E-state index contributed by atoms with van der Waals surface area (Å²) in [5.74, 6) is -3.08. The molecular formula is C15H22F3N. The van der Waals surface area contributed by atoms with Gasteiger partial charge in [0, 0.05) is 0 Å². The molecule has 19 heavy (non-hydrogen) atoms. The number of benzene rings is 1. The normalized spacial score (nSPS) is 14.7. The van der Waals surface area contributed by atoms with Gasteiger partial charge in [0.2, 0.25) is 0 Å². The molecule has 0 saturated carbocycles. The van der Waals surface area contributed by atoms with Gasteiger partial charge in [-0.2, -0.15) is 0 Å². The van der Waals surface area contributed by atoms with Crippen molar-refractivity contribution in [3.8, 4) is 0 Å². The van der Waals surface area contributed by atoms with E-state index in [1.807, 2.05) is 13.8 Å². The van der Waals surface area contributed by atoms with Gasteiger partial charge in [0.1, 0.15) is 0 Å². The first kappa shape index (κ1) is 16.0. The first-order valence-electron chi connectivity index (χ1n) is 6.68. The molecule has 0 radical (unpaired) electrons. The second-order valence-corrected chi connectivity index (χ2v) is 5.58. The Morgan fingerprint density at radius 2 is 1.58 bits per heavy atom. The Hall–Kier alpha value is -1.03. The fourth-order valence-corrected chi connectivity index (χ4v) is 1.98. The summed E-state index contributed by atoms with van der Waals surface area (Å²) in [6.07, 6.45) is 0. The van der Waals surface area contributed by atoms with Gasteiger partial charge >= 0.3 is 0 Å². The first-order valence-corrected chi connectivity index (χ1v) is 6.68. The maximum absolute atomic E-state index is 13.7. The third-order valence-corrected chi connectivity index (χ3v) is 3.43. The quantitative estimate of drug-likeness (QED) is 0.770. The predicted octanol–water partition coefficient (Wildman–Crippen LogP) is 4.09. The van der Waals surface area contributed by atoms with E-state index in [4.69, 9.17) is 0 Å². The van der Waals surface area contributed by atoms with Crippen molar-refractivity contribution in [3.05, 3.63) is 35.1 Å². The Morgan fingerprint density at radius 3 is 2.16 bits per heavy atom. The lowest BCUT2D eigenvalue weighted by Gasteiger charge is -2.22. The van der Waals surface area contributed by atoms with Crippen molar-refractivity contribution < 1.29 is 13.2 Å².